The van der Waals surface area contributed by atoms with Gasteiger partial charge in [-0.1, -0.05) is 0 Å². The predicted octanol–water partition coefficient (Wildman–Crippen LogP) is -3.38. The Hall–Kier alpha value is 0.0274. The number of primary amides is 1. The van der Waals surface area contributed by atoms with Crippen LogP contribution in [0.25, 0.3) is 0 Å². The van der Waals surface area contributed by atoms with Crippen LogP contribution in [-0.4, -0.2) is 19.6 Å². The molecular formula is C4H10LiNO2. The summed E-state index contributed by atoms with van der Waals surface area (Å²) < 4.78 is 4.55. The molecule has 0 aromatic heterocycles. The molecular weight excluding hydrogens is 101 g/mol. The van der Waals surface area contributed by atoms with Crippen LogP contribution < -0.4 is 24.6 Å². The molecule has 1 amide bonds. The zero-order valence-corrected chi connectivity index (χ0v) is 5.31. The Morgan fingerprint density at radius 1 is 1.88 bits per heavy atom. The maximum atomic E-state index is 9.90. The fourth-order valence-corrected chi connectivity index (χ4v) is 0.203. The Bertz CT molecular complexity index is 71.6. The van der Waals surface area contributed by atoms with E-state index in [1.165, 1.54) is 7.11 Å². The molecule has 0 aromatic rings. The molecule has 2 N–H and O–H groups in total. The molecule has 0 heterocycles. The van der Waals surface area contributed by atoms with Crippen LogP contribution in [0.2, 0.25) is 0 Å². The molecule has 0 bridgehead atoms. The molecule has 3 nitrogen and oxygen atoms in total. The summed E-state index contributed by atoms with van der Waals surface area (Å²) in [5.74, 6) is -0.318. The first-order chi connectivity index (χ1) is 3.27. The SMILES string of the molecule is COCCC(N)=O.[H-].[Li+]. The Balaban J connectivity index is -0.000000180. The Morgan fingerprint density at radius 3 is 2.50 bits per heavy atom. The van der Waals surface area contributed by atoms with E-state index >= 15 is 0 Å². The van der Waals surface area contributed by atoms with Crippen LogP contribution >= 0.6 is 0 Å². The van der Waals surface area contributed by atoms with Crippen molar-refractivity contribution < 1.29 is 29.8 Å². The number of hydrogen-bond acceptors (Lipinski definition) is 2. The molecule has 4 heteroatoms. The van der Waals surface area contributed by atoms with Crippen molar-refractivity contribution in [3.63, 3.8) is 0 Å². The second-order valence-corrected chi connectivity index (χ2v) is 1.21. The van der Waals surface area contributed by atoms with E-state index in [0.717, 1.165) is 0 Å². The number of methoxy groups -OCH3 is 1. The summed E-state index contributed by atoms with van der Waals surface area (Å²) in [6, 6.07) is 0. The maximum Gasteiger partial charge on any atom is 1.00 e. The molecule has 0 aromatic carbocycles. The summed E-state index contributed by atoms with van der Waals surface area (Å²) in [5.41, 5.74) is 4.76. The Kier molecular flexibility index (Phi) is 9.59. The van der Waals surface area contributed by atoms with Gasteiger partial charge >= 0.3 is 18.9 Å². The second-order valence-electron chi connectivity index (χ2n) is 1.21. The second kappa shape index (κ2) is 7.03. The van der Waals surface area contributed by atoms with Gasteiger partial charge in [-0.05, 0) is 0 Å². The molecule has 0 fully saturated rings. The molecule has 0 saturated heterocycles. The van der Waals surface area contributed by atoms with Crippen molar-refractivity contribution in [2.75, 3.05) is 13.7 Å². The van der Waals surface area contributed by atoms with Crippen molar-refractivity contribution in [2.45, 2.75) is 6.42 Å². The first-order valence-electron chi connectivity index (χ1n) is 2.04. The zero-order valence-electron chi connectivity index (χ0n) is 6.31. The number of ether oxygens (including phenoxy) is 1. The smallest absolute Gasteiger partial charge is 1.00 e. The monoisotopic (exact) mass is 111 g/mol. The first kappa shape index (κ1) is 10.9. The van der Waals surface area contributed by atoms with Crippen molar-refractivity contribution in [1.82, 2.24) is 0 Å². The predicted molar refractivity (Wildman–Crippen MR) is 26.8 cm³/mol. The van der Waals surface area contributed by atoms with Crippen molar-refractivity contribution in [1.29, 1.82) is 0 Å². The molecule has 0 rings (SSSR count). The van der Waals surface area contributed by atoms with E-state index in [4.69, 9.17) is 5.73 Å². The minimum Gasteiger partial charge on any atom is -1.00 e. The van der Waals surface area contributed by atoms with Gasteiger partial charge in [0.05, 0.1) is 6.61 Å². The largest absolute Gasteiger partial charge is 1.00 e. The number of amides is 1. The first-order valence-corrected chi connectivity index (χ1v) is 2.04. The number of rotatable bonds is 3. The average Bonchev–Trinajstić information content (AvgIpc) is 1.61. The van der Waals surface area contributed by atoms with E-state index in [1.54, 1.807) is 0 Å². The molecule has 0 atom stereocenters. The molecule has 0 aliphatic carbocycles. The van der Waals surface area contributed by atoms with Gasteiger partial charge in [-0.25, -0.2) is 0 Å². The van der Waals surface area contributed by atoms with Gasteiger partial charge in [0.1, 0.15) is 0 Å². The van der Waals surface area contributed by atoms with Crippen LogP contribution in [0.3, 0.4) is 0 Å². The van der Waals surface area contributed by atoms with Crippen LogP contribution in [0, 0.1) is 0 Å². The van der Waals surface area contributed by atoms with Gasteiger partial charge in [0.2, 0.25) is 5.91 Å². The van der Waals surface area contributed by atoms with Crippen LogP contribution in [0.4, 0.5) is 0 Å². The van der Waals surface area contributed by atoms with E-state index < -0.39 is 0 Å². The fraction of sp³-hybridized carbons (Fsp3) is 0.750. The van der Waals surface area contributed by atoms with Gasteiger partial charge in [-0.2, -0.15) is 0 Å². The third-order valence-electron chi connectivity index (χ3n) is 0.553. The van der Waals surface area contributed by atoms with E-state index in [1.807, 2.05) is 0 Å². The van der Waals surface area contributed by atoms with Crippen molar-refractivity contribution >= 4 is 5.91 Å². The summed E-state index contributed by atoms with van der Waals surface area (Å²) in [6.45, 7) is 0.426. The van der Waals surface area contributed by atoms with E-state index in [0.29, 0.717) is 13.0 Å². The summed E-state index contributed by atoms with van der Waals surface area (Å²) in [6.07, 6.45) is 0.316. The summed E-state index contributed by atoms with van der Waals surface area (Å²) >= 11 is 0. The van der Waals surface area contributed by atoms with Gasteiger partial charge in [0.25, 0.3) is 0 Å². The number of carbonyl (C=O) groups excluding carboxylic acids is 1. The zero-order chi connectivity index (χ0) is 5.70. The number of nitrogens with two attached hydrogens (primary N) is 1. The third-order valence-corrected chi connectivity index (χ3v) is 0.553. The molecule has 44 valence electrons. The topological polar surface area (TPSA) is 52.3 Å². The maximum absolute atomic E-state index is 9.90. The third kappa shape index (κ3) is 9.39. The summed E-state index contributed by atoms with van der Waals surface area (Å²) in [5, 5.41) is 0. The van der Waals surface area contributed by atoms with Crippen LogP contribution in [0.15, 0.2) is 0 Å². The van der Waals surface area contributed by atoms with Crippen molar-refractivity contribution in [3.05, 3.63) is 0 Å². The molecule has 0 saturated carbocycles. The Morgan fingerprint density at radius 2 is 2.38 bits per heavy atom. The van der Waals surface area contributed by atoms with E-state index in [-0.39, 0.29) is 26.2 Å². The molecule has 8 heavy (non-hydrogen) atoms. The quantitative estimate of drug-likeness (QED) is 0.386. The van der Waals surface area contributed by atoms with Crippen molar-refractivity contribution in [3.8, 4) is 0 Å². The van der Waals surface area contributed by atoms with E-state index in [2.05, 4.69) is 4.74 Å². The van der Waals surface area contributed by atoms with Crippen LogP contribution in [0.1, 0.15) is 7.85 Å². The average molecular weight is 111 g/mol. The Labute approximate surface area is 62.2 Å². The van der Waals surface area contributed by atoms with Crippen LogP contribution in [0.5, 0.6) is 0 Å². The molecule has 0 radical (unpaired) electrons. The summed E-state index contributed by atoms with van der Waals surface area (Å²) in [7, 11) is 1.53. The minimum atomic E-state index is -0.318. The molecule has 0 aliphatic heterocycles. The normalized spacial score (nSPS) is 7.62. The molecule has 0 unspecified atom stereocenters. The van der Waals surface area contributed by atoms with E-state index in [9.17, 15) is 4.79 Å². The van der Waals surface area contributed by atoms with Gasteiger partial charge < -0.3 is 11.9 Å². The standard InChI is InChI=1S/C4H9NO2.Li.H/c1-7-3-2-4(5)6;;/h2-3H2,1H3,(H2,5,6);;/q;+1;-1. The van der Waals surface area contributed by atoms with Gasteiger partial charge in [0, 0.05) is 13.5 Å². The van der Waals surface area contributed by atoms with Crippen LogP contribution in [-0.2, 0) is 9.53 Å². The molecule has 0 aliphatic rings. The number of hydrogen-bond donors (Lipinski definition) is 1. The minimum absolute atomic E-state index is 0. The molecule has 0 spiro atoms. The number of carbonyl (C=O) groups is 1. The van der Waals surface area contributed by atoms with Gasteiger partial charge in [-0.15, -0.1) is 0 Å². The summed E-state index contributed by atoms with van der Waals surface area (Å²) in [4.78, 5) is 9.90. The fourth-order valence-electron chi connectivity index (χ4n) is 0.203. The van der Waals surface area contributed by atoms with Gasteiger partial charge in [-0.3, -0.25) is 4.79 Å². The van der Waals surface area contributed by atoms with Gasteiger partial charge in [0.15, 0.2) is 0 Å². The van der Waals surface area contributed by atoms with Crippen molar-refractivity contribution in [2.24, 2.45) is 5.73 Å².